The summed E-state index contributed by atoms with van der Waals surface area (Å²) in [5, 5.41) is 6.85. The van der Waals surface area contributed by atoms with Crippen LogP contribution in [0.3, 0.4) is 0 Å². The SMILES string of the molecule is COc1ccccc1N1CCN(N=C(C)c2ccc(OC(C)=O)cc2)CC1. The van der Waals surface area contributed by atoms with E-state index in [-0.39, 0.29) is 5.97 Å². The van der Waals surface area contributed by atoms with Crippen LogP contribution < -0.4 is 14.4 Å². The number of benzene rings is 2. The average Bonchev–Trinajstić information content (AvgIpc) is 2.68. The smallest absolute Gasteiger partial charge is 0.308 e. The van der Waals surface area contributed by atoms with Crippen molar-refractivity contribution in [1.82, 2.24) is 5.01 Å². The molecule has 1 aliphatic heterocycles. The van der Waals surface area contributed by atoms with E-state index in [2.05, 4.69) is 16.0 Å². The molecule has 2 aromatic carbocycles. The number of rotatable bonds is 5. The minimum Gasteiger partial charge on any atom is -0.495 e. The van der Waals surface area contributed by atoms with Crippen LogP contribution in [0.25, 0.3) is 0 Å². The Balaban J connectivity index is 1.61. The minimum absolute atomic E-state index is 0.318. The topological polar surface area (TPSA) is 54.4 Å². The summed E-state index contributed by atoms with van der Waals surface area (Å²) in [5.74, 6) is 1.13. The maximum atomic E-state index is 11.0. The minimum atomic E-state index is -0.318. The van der Waals surface area contributed by atoms with Crippen molar-refractivity contribution < 1.29 is 14.3 Å². The number of carbonyl (C=O) groups excluding carboxylic acids is 1. The molecule has 1 heterocycles. The van der Waals surface area contributed by atoms with E-state index in [4.69, 9.17) is 14.6 Å². The highest BCUT2D eigenvalue weighted by atomic mass is 16.5. The van der Waals surface area contributed by atoms with Crippen molar-refractivity contribution in [3.63, 3.8) is 0 Å². The number of esters is 1. The van der Waals surface area contributed by atoms with Crippen LogP contribution in [0.5, 0.6) is 11.5 Å². The zero-order chi connectivity index (χ0) is 19.2. The summed E-state index contributed by atoms with van der Waals surface area (Å²) in [6.07, 6.45) is 0. The molecule has 142 valence electrons. The van der Waals surface area contributed by atoms with Crippen LogP contribution >= 0.6 is 0 Å². The normalized spacial score (nSPS) is 14.9. The van der Waals surface area contributed by atoms with Crippen LogP contribution in [-0.2, 0) is 4.79 Å². The van der Waals surface area contributed by atoms with Gasteiger partial charge in [0.05, 0.1) is 31.6 Å². The third kappa shape index (κ3) is 4.78. The van der Waals surface area contributed by atoms with Gasteiger partial charge in [0.15, 0.2) is 0 Å². The van der Waals surface area contributed by atoms with Crippen molar-refractivity contribution in [2.45, 2.75) is 13.8 Å². The molecule has 0 saturated carbocycles. The maximum Gasteiger partial charge on any atom is 0.308 e. The lowest BCUT2D eigenvalue weighted by molar-refractivity contribution is -0.131. The lowest BCUT2D eigenvalue weighted by Gasteiger charge is -2.35. The molecule has 0 aliphatic carbocycles. The van der Waals surface area contributed by atoms with Gasteiger partial charge in [-0.05, 0) is 48.9 Å². The second-order valence-corrected chi connectivity index (χ2v) is 6.42. The molecular weight excluding hydrogens is 342 g/mol. The fourth-order valence-corrected chi connectivity index (χ4v) is 3.13. The number of hydrazone groups is 1. The Labute approximate surface area is 160 Å². The highest BCUT2D eigenvalue weighted by molar-refractivity contribution is 5.98. The maximum absolute atomic E-state index is 11.0. The molecule has 0 bridgehead atoms. The fraction of sp³-hybridized carbons (Fsp3) is 0.333. The number of carbonyl (C=O) groups is 1. The predicted octanol–water partition coefficient (Wildman–Crippen LogP) is 3.17. The van der Waals surface area contributed by atoms with E-state index in [9.17, 15) is 4.79 Å². The average molecular weight is 367 g/mol. The van der Waals surface area contributed by atoms with Crippen LogP contribution in [0, 0.1) is 0 Å². The quantitative estimate of drug-likeness (QED) is 0.462. The molecule has 0 radical (unpaired) electrons. The number of hydrogen-bond donors (Lipinski definition) is 0. The van der Waals surface area contributed by atoms with Gasteiger partial charge in [-0.15, -0.1) is 0 Å². The number of para-hydroxylation sites is 2. The van der Waals surface area contributed by atoms with Crippen molar-refractivity contribution in [2.75, 3.05) is 38.2 Å². The Hall–Kier alpha value is -3.02. The van der Waals surface area contributed by atoms with E-state index in [0.29, 0.717) is 5.75 Å². The van der Waals surface area contributed by atoms with E-state index >= 15 is 0 Å². The first kappa shape index (κ1) is 18.8. The van der Waals surface area contributed by atoms with Crippen LogP contribution in [0.2, 0.25) is 0 Å². The third-order valence-corrected chi connectivity index (χ3v) is 4.51. The summed E-state index contributed by atoms with van der Waals surface area (Å²) >= 11 is 0. The molecule has 0 unspecified atom stereocenters. The molecule has 1 saturated heterocycles. The van der Waals surface area contributed by atoms with Gasteiger partial charge in [-0.2, -0.15) is 5.10 Å². The highest BCUT2D eigenvalue weighted by Gasteiger charge is 2.18. The van der Waals surface area contributed by atoms with Gasteiger partial charge in [-0.3, -0.25) is 9.80 Å². The molecule has 3 rings (SSSR count). The molecule has 6 nitrogen and oxygen atoms in total. The van der Waals surface area contributed by atoms with Crippen LogP contribution in [0.4, 0.5) is 5.69 Å². The zero-order valence-corrected chi connectivity index (χ0v) is 16.0. The summed E-state index contributed by atoms with van der Waals surface area (Å²) in [6.45, 7) is 6.87. The number of ether oxygens (including phenoxy) is 2. The van der Waals surface area contributed by atoms with Crippen LogP contribution in [0.15, 0.2) is 53.6 Å². The van der Waals surface area contributed by atoms with E-state index < -0.39 is 0 Å². The van der Waals surface area contributed by atoms with Crippen LogP contribution in [-0.4, -0.2) is 50.0 Å². The number of piperazine rings is 1. The van der Waals surface area contributed by atoms with E-state index in [0.717, 1.165) is 48.9 Å². The van der Waals surface area contributed by atoms with Crippen LogP contribution in [0.1, 0.15) is 19.4 Å². The molecule has 2 aromatic rings. The molecule has 1 fully saturated rings. The Morgan fingerprint density at radius 1 is 0.963 bits per heavy atom. The Morgan fingerprint density at radius 2 is 1.63 bits per heavy atom. The van der Waals surface area contributed by atoms with Gasteiger partial charge in [0.1, 0.15) is 11.5 Å². The summed E-state index contributed by atoms with van der Waals surface area (Å²) in [5.41, 5.74) is 3.08. The molecule has 0 spiro atoms. The Kier molecular flexibility index (Phi) is 5.96. The van der Waals surface area contributed by atoms with Gasteiger partial charge in [0.25, 0.3) is 0 Å². The third-order valence-electron chi connectivity index (χ3n) is 4.51. The summed E-state index contributed by atoms with van der Waals surface area (Å²) in [7, 11) is 1.70. The van der Waals surface area contributed by atoms with Gasteiger partial charge in [0.2, 0.25) is 0 Å². The molecule has 0 amide bonds. The van der Waals surface area contributed by atoms with Crippen molar-refractivity contribution in [2.24, 2.45) is 5.10 Å². The summed E-state index contributed by atoms with van der Waals surface area (Å²) in [4.78, 5) is 13.3. The highest BCUT2D eigenvalue weighted by Crippen LogP contribution is 2.28. The van der Waals surface area contributed by atoms with Crippen molar-refractivity contribution in [3.05, 3.63) is 54.1 Å². The summed E-state index contributed by atoms with van der Waals surface area (Å²) in [6, 6.07) is 15.5. The van der Waals surface area contributed by atoms with Gasteiger partial charge in [-0.25, -0.2) is 0 Å². The predicted molar refractivity (Wildman–Crippen MR) is 107 cm³/mol. The van der Waals surface area contributed by atoms with E-state index in [1.54, 1.807) is 19.2 Å². The van der Waals surface area contributed by atoms with Crippen molar-refractivity contribution in [1.29, 1.82) is 0 Å². The molecule has 0 N–H and O–H groups in total. The van der Waals surface area contributed by atoms with Gasteiger partial charge < -0.3 is 14.4 Å². The first-order valence-corrected chi connectivity index (χ1v) is 9.04. The van der Waals surface area contributed by atoms with E-state index in [1.165, 1.54) is 6.92 Å². The second kappa shape index (κ2) is 8.58. The second-order valence-electron chi connectivity index (χ2n) is 6.42. The van der Waals surface area contributed by atoms with Gasteiger partial charge >= 0.3 is 5.97 Å². The number of hydrogen-bond acceptors (Lipinski definition) is 6. The lowest BCUT2D eigenvalue weighted by atomic mass is 10.1. The molecule has 0 aromatic heterocycles. The Morgan fingerprint density at radius 3 is 2.26 bits per heavy atom. The number of anilines is 1. The Bertz CT molecular complexity index is 810. The van der Waals surface area contributed by atoms with Crippen molar-refractivity contribution in [3.8, 4) is 11.5 Å². The van der Waals surface area contributed by atoms with Gasteiger partial charge in [0, 0.05) is 20.0 Å². The standard InChI is InChI=1S/C21H25N3O3/c1-16(18-8-10-19(11-9-18)27-17(2)25)22-24-14-12-23(13-15-24)20-6-4-5-7-21(20)26-3/h4-11H,12-15H2,1-3H3. The number of methoxy groups -OCH3 is 1. The first-order valence-electron chi connectivity index (χ1n) is 9.04. The van der Waals surface area contributed by atoms with Crippen molar-refractivity contribution >= 4 is 17.4 Å². The van der Waals surface area contributed by atoms with Gasteiger partial charge in [-0.1, -0.05) is 12.1 Å². The fourth-order valence-electron chi connectivity index (χ4n) is 3.13. The summed E-state index contributed by atoms with van der Waals surface area (Å²) < 4.78 is 10.5. The molecular formula is C21H25N3O3. The molecule has 1 aliphatic rings. The zero-order valence-electron chi connectivity index (χ0n) is 16.0. The number of nitrogens with zero attached hydrogens (tertiary/aromatic N) is 3. The molecule has 6 heteroatoms. The molecule has 27 heavy (non-hydrogen) atoms. The van der Waals surface area contributed by atoms with E-state index in [1.807, 2.05) is 37.3 Å². The largest absolute Gasteiger partial charge is 0.495 e. The monoisotopic (exact) mass is 367 g/mol. The molecule has 0 atom stereocenters. The first-order chi connectivity index (χ1) is 13.1. The lowest BCUT2D eigenvalue weighted by Crippen LogP contribution is -2.44.